The van der Waals surface area contributed by atoms with Crippen LogP contribution in [-0.2, 0) is 22.6 Å². The number of nitrogens with zero attached hydrogens (tertiary/aromatic N) is 1. The number of carbonyl (C=O) groups excluding carboxylic acids is 2. The van der Waals surface area contributed by atoms with Gasteiger partial charge in [-0.15, -0.1) is 22.7 Å². The molecule has 0 radical (unpaired) electrons. The second-order valence-corrected chi connectivity index (χ2v) is 8.20. The van der Waals surface area contributed by atoms with E-state index in [2.05, 4.69) is 12.2 Å². The van der Waals surface area contributed by atoms with Crippen LogP contribution in [0.5, 0.6) is 0 Å². The van der Waals surface area contributed by atoms with Gasteiger partial charge in [0.25, 0.3) is 0 Å². The van der Waals surface area contributed by atoms with Gasteiger partial charge in [-0.05, 0) is 29.3 Å². The third kappa shape index (κ3) is 7.17. The van der Waals surface area contributed by atoms with Crippen molar-refractivity contribution in [3.8, 4) is 0 Å². The van der Waals surface area contributed by atoms with Crippen LogP contribution >= 0.6 is 22.7 Å². The van der Waals surface area contributed by atoms with Gasteiger partial charge in [-0.3, -0.25) is 9.69 Å². The molecule has 0 fully saturated rings. The van der Waals surface area contributed by atoms with Crippen LogP contribution < -0.4 is 5.32 Å². The van der Waals surface area contributed by atoms with E-state index in [0.717, 1.165) is 29.0 Å². The Kier molecular flexibility index (Phi) is 8.64. The van der Waals surface area contributed by atoms with Crippen molar-refractivity contribution in [2.24, 2.45) is 0 Å². The summed E-state index contributed by atoms with van der Waals surface area (Å²) < 4.78 is 5.54. The van der Waals surface area contributed by atoms with Crippen molar-refractivity contribution >= 4 is 34.7 Å². The zero-order valence-corrected chi connectivity index (χ0v) is 16.9. The minimum absolute atomic E-state index is 0.101. The van der Waals surface area contributed by atoms with Gasteiger partial charge < -0.3 is 10.1 Å². The Bertz CT molecular complexity index is 620. The molecule has 2 aromatic rings. The summed E-state index contributed by atoms with van der Waals surface area (Å²) in [4.78, 5) is 28.0. The van der Waals surface area contributed by atoms with Crippen LogP contribution in [0.15, 0.2) is 35.0 Å². The van der Waals surface area contributed by atoms with E-state index in [1.165, 1.54) is 6.92 Å². The molecule has 26 heavy (non-hydrogen) atoms. The molecule has 0 saturated carbocycles. The van der Waals surface area contributed by atoms with Gasteiger partial charge in [0, 0.05) is 16.7 Å². The topological polar surface area (TPSA) is 58.6 Å². The Hall–Kier alpha value is -1.86. The molecule has 7 heteroatoms. The Morgan fingerprint density at radius 1 is 1.15 bits per heavy atom. The second kappa shape index (κ2) is 11.0. The monoisotopic (exact) mass is 394 g/mol. The predicted octanol–water partition coefficient (Wildman–Crippen LogP) is 4.64. The first-order valence-corrected chi connectivity index (χ1v) is 10.6. The van der Waals surface area contributed by atoms with Crippen LogP contribution in [0, 0.1) is 0 Å². The smallest absolute Gasteiger partial charge is 0.410 e. The molecule has 0 saturated heterocycles. The number of ether oxygens (including phenoxy) is 1. The molecule has 2 heterocycles. The number of carbonyl (C=O) groups is 2. The molecule has 0 aromatic carbocycles. The van der Waals surface area contributed by atoms with Gasteiger partial charge in [0.1, 0.15) is 6.61 Å². The molecule has 1 atom stereocenters. The maximum Gasteiger partial charge on any atom is 0.410 e. The van der Waals surface area contributed by atoms with Crippen molar-refractivity contribution < 1.29 is 14.3 Å². The minimum atomic E-state index is -0.348. The van der Waals surface area contributed by atoms with Gasteiger partial charge >= 0.3 is 6.09 Å². The van der Waals surface area contributed by atoms with Gasteiger partial charge in [-0.1, -0.05) is 31.9 Å². The van der Waals surface area contributed by atoms with Crippen molar-refractivity contribution in [1.82, 2.24) is 10.2 Å². The molecule has 0 aliphatic heterocycles. The van der Waals surface area contributed by atoms with E-state index in [1.807, 2.05) is 35.0 Å². The Morgan fingerprint density at radius 3 is 2.23 bits per heavy atom. The average molecular weight is 395 g/mol. The van der Waals surface area contributed by atoms with Gasteiger partial charge in [0.2, 0.25) is 5.91 Å². The van der Waals surface area contributed by atoms with Gasteiger partial charge in [0.15, 0.2) is 0 Å². The highest BCUT2D eigenvalue weighted by atomic mass is 32.1. The maximum atomic E-state index is 12.7. The molecule has 142 valence electrons. The van der Waals surface area contributed by atoms with Crippen LogP contribution in [0.4, 0.5) is 4.79 Å². The Balaban J connectivity index is 1.96. The fourth-order valence-electron chi connectivity index (χ4n) is 2.56. The molecule has 2 aromatic heterocycles. The number of nitrogens with one attached hydrogen (secondary N) is 1. The zero-order valence-electron chi connectivity index (χ0n) is 15.3. The van der Waals surface area contributed by atoms with E-state index >= 15 is 0 Å². The lowest BCUT2D eigenvalue weighted by atomic mass is 10.1. The summed E-state index contributed by atoms with van der Waals surface area (Å²) in [5, 5.41) is 6.87. The van der Waals surface area contributed by atoms with E-state index in [0.29, 0.717) is 13.1 Å². The third-order valence-electron chi connectivity index (χ3n) is 3.83. The highest BCUT2D eigenvalue weighted by Gasteiger charge is 2.19. The number of hydrogen-bond donors (Lipinski definition) is 1. The van der Waals surface area contributed by atoms with E-state index in [-0.39, 0.29) is 24.6 Å². The number of hydrogen-bond acceptors (Lipinski definition) is 5. The number of unbranched alkanes of at least 4 members (excludes halogenated alkanes) is 1. The maximum absolute atomic E-state index is 12.7. The fourth-order valence-corrected chi connectivity index (χ4v) is 4.00. The van der Waals surface area contributed by atoms with E-state index in [9.17, 15) is 9.59 Å². The summed E-state index contributed by atoms with van der Waals surface area (Å²) in [6, 6.07) is 7.85. The van der Waals surface area contributed by atoms with Crippen LogP contribution in [0.2, 0.25) is 0 Å². The van der Waals surface area contributed by atoms with Crippen molar-refractivity contribution in [2.45, 2.75) is 52.2 Å². The van der Waals surface area contributed by atoms with Crippen LogP contribution in [-0.4, -0.2) is 29.5 Å². The highest BCUT2D eigenvalue weighted by molar-refractivity contribution is 7.10. The van der Waals surface area contributed by atoms with Gasteiger partial charge in [-0.2, -0.15) is 0 Å². The van der Waals surface area contributed by atoms with E-state index < -0.39 is 0 Å². The van der Waals surface area contributed by atoms with Crippen LogP contribution in [0.1, 0.15) is 42.9 Å². The second-order valence-electron chi connectivity index (χ2n) is 6.13. The number of rotatable bonds is 10. The lowest BCUT2D eigenvalue weighted by Gasteiger charge is -2.23. The number of thiophene rings is 2. The summed E-state index contributed by atoms with van der Waals surface area (Å²) in [5.74, 6) is -0.101. The van der Waals surface area contributed by atoms with E-state index in [1.54, 1.807) is 27.6 Å². The molecule has 5 nitrogen and oxygen atoms in total. The summed E-state index contributed by atoms with van der Waals surface area (Å²) in [6.07, 6.45) is 2.47. The normalized spacial score (nSPS) is 11.8. The predicted molar refractivity (Wildman–Crippen MR) is 106 cm³/mol. The summed E-state index contributed by atoms with van der Waals surface area (Å²) in [6.45, 7) is 4.83. The molecular formula is C19H26N2O3S2. The first-order chi connectivity index (χ1) is 12.6. The van der Waals surface area contributed by atoms with Crippen molar-refractivity contribution in [3.63, 3.8) is 0 Å². The molecule has 0 aliphatic rings. The molecule has 0 unspecified atom stereocenters. The van der Waals surface area contributed by atoms with Crippen molar-refractivity contribution in [3.05, 3.63) is 44.8 Å². The van der Waals surface area contributed by atoms with Crippen LogP contribution in [0.25, 0.3) is 0 Å². The fraction of sp³-hybridized carbons (Fsp3) is 0.474. The van der Waals surface area contributed by atoms with E-state index in [4.69, 9.17) is 4.74 Å². The highest BCUT2D eigenvalue weighted by Crippen LogP contribution is 2.18. The lowest BCUT2D eigenvalue weighted by Crippen LogP contribution is -2.39. The molecule has 1 N–H and O–H groups in total. The number of amides is 2. The first-order valence-electron chi connectivity index (χ1n) is 8.82. The molecule has 0 aliphatic carbocycles. The Labute approximate surface area is 163 Å². The van der Waals surface area contributed by atoms with Crippen molar-refractivity contribution in [2.75, 3.05) is 6.61 Å². The minimum Gasteiger partial charge on any atom is -0.447 e. The van der Waals surface area contributed by atoms with Crippen molar-refractivity contribution in [1.29, 1.82) is 0 Å². The quantitative estimate of drug-likeness (QED) is 0.638. The molecule has 2 amide bonds. The summed E-state index contributed by atoms with van der Waals surface area (Å²) >= 11 is 3.24. The largest absolute Gasteiger partial charge is 0.447 e. The van der Waals surface area contributed by atoms with Crippen LogP contribution in [0.3, 0.4) is 0 Å². The lowest BCUT2D eigenvalue weighted by molar-refractivity contribution is -0.120. The van der Waals surface area contributed by atoms with Gasteiger partial charge in [-0.25, -0.2) is 4.79 Å². The molecule has 0 spiro atoms. The zero-order chi connectivity index (χ0) is 18.8. The first kappa shape index (κ1) is 20.5. The summed E-state index contributed by atoms with van der Waals surface area (Å²) in [5.41, 5.74) is 0. The molecule has 0 bridgehead atoms. The Morgan fingerprint density at radius 2 is 1.77 bits per heavy atom. The molecular weight excluding hydrogens is 368 g/mol. The SMILES string of the molecule is CCCC[C@@H](COC(=O)N(Cc1cccs1)Cc1cccs1)NC(C)=O. The standard InChI is InChI=1S/C19H26N2O3S2/c1-3-4-7-16(20-15(2)22)14-24-19(23)21(12-17-8-5-10-25-17)13-18-9-6-11-26-18/h5-6,8-11,16H,3-4,7,12-14H2,1-2H3,(H,20,22)/t16-/m0/s1. The average Bonchev–Trinajstić information content (AvgIpc) is 3.30. The summed E-state index contributed by atoms with van der Waals surface area (Å²) in [7, 11) is 0. The van der Waals surface area contributed by atoms with Gasteiger partial charge in [0.05, 0.1) is 19.1 Å². The third-order valence-corrected chi connectivity index (χ3v) is 5.56. The molecule has 2 rings (SSSR count).